The molecule has 0 saturated carbocycles. The number of pyridine rings is 1. The number of aromatic nitrogens is 2. The molecule has 1 unspecified atom stereocenters. The monoisotopic (exact) mass is 231 g/mol. The lowest BCUT2D eigenvalue weighted by Gasteiger charge is -2.21. The zero-order valence-electron chi connectivity index (χ0n) is 9.78. The van der Waals surface area contributed by atoms with Crippen molar-refractivity contribution in [3.8, 4) is 0 Å². The Morgan fingerprint density at radius 3 is 3.24 bits per heavy atom. The van der Waals surface area contributed by atoms with E-state index in [0.717, 1.165) is 25.2 Å². The van der Waals surface area contributed by atoms with Crippen molar-refractivity contribution in [3.63, 3.8) is 0 Å². The Morgan fingerprint density at radius 1 is 1.47 bits per heavy atom. The highest BCUT2D eigenvalue weighted by Crippen LogP contribution is 2.16. The molecule has 1 saturated heterocycles. The molecule has 17 heavy (non-hydrogen) atoms. The van der Waals surface area contributed by atoms with Gasteiger partial charge in [0.25, 0.3) is 0 Å². The second-order valence-electron chi connectivity index (χ2n) is 4.85. The van der Waals surface area contributed by atoms with E-state index in [-0.39, 0.29) is 5.43 Å². The Hall–Kier alpha value is -1.55. The number of nitrogens with zero attached hydrogens (tertiary/aromatic N) is 1. The number of nitrogens with one attached hydrogen (secondary N) is 2. The minimum Gasteiger partial charge on any atom is -0.343 e. The summed E-state index contributed by atoms with van der Waals surface area (Å²) in [6.07, 6.45) is 7.52. The van der Waals surface area contributed by atoms with E-state index in [9.17, 15) is 4.79 Å². The van der Waals surface area contributed by atoms with Crippen LogP contribution < -0.4 is 10.7 Å². The van der Waals surface area contributed by atoms with Crippen molar-refractivity contribution in [1.82, 2.24) is 14.7 Å². The highest BCUT2D eigenvalue weighted by molar-refractivity contribution is 5.39. The molecule has 0 bridgehead atoms. The number of hydrogen-bond donors (Lipinski definition) is 2. The number of H-pyrrole nitrogens is 1. The minimum atomic E-state index is 0.0535. The molecule has 4 nitrogen and oxygen atoms in total. The van der Waals surface area contributed by atoms with Crippen LogP contribution in [0.15, 0.2) is 29.3 Å². The van der Waals surface area contributed by atoms with Crippen molar-refractivity contribution >= 4 is 5.65 Å². The molecule has 0 amide bonds. The zero-order valence-corrected chi connectivity index (χ0v) is 9.78. The summed E-state index contributed by atoms with van der Waals surface area (Å²) in [5.41, 5.74) is 2.15. The lowest BCUT2D eigenvalue weighted by Crippen LogP contribution is -2.30. The molecule has 1 atom stereocenters. The molecule has 0 spiro atoms. The molecular formula is C13H17N3O. The number of imidazole rings is 1. The van der Waals surface area contributed by atoms with Gasteiger partial charge in [-0.3, -0.25) is 4.79 Å². The number of hydrogen-bond acceptors (Lipinski definition) is 2. The Labute approximate surface area is 99.7 Å². The third-order valence-corrected chi connectivity index (χ3v) is 3.45. The van der Waals surface area contributed by atoms with E-state index in [1.54, 1.807) is 12.1 Å². The fourth-order valence-corrected chi connectivity index (χ4v) is 2.58. The number of rotatable bonds is 2. The van der Waals surface area contributed by atoms with Crippen molar-refractivity contribution in [2.24, 2.45) is 5.92 Å². The molecule has 2 aromatic heterocycles. The zero-order chi connectivity index (χ0) is 11.7. The minimum absolute atomic E-state index is 0.0535. The largest absolute Gasteiger partial charge is 0.343 e. The highest BCUT2D eigenvalue weighted by atomic mass is 16.1. The Kier molecular flexibility index (Phi) is 2.73. The van der Waals surface area contributed by atoms with Crippen molar-refractivity contribution in [2.45, 2.75) is 19.3 Å². The first-order valence-electron chi connectivity index (χ1n) is 6.22. The standard InChI is InChI=1S/C13H17N3O/c17-12-3-5-16-9-11(15-13(16)7-12)6-10-2-1-4-14-8-10/h3,5,7,9-10,14-15H,1-2,4,6,8H2. The molecular weight excluding hydrogens is 214 g/mol. The van der Waals surface area contributed by atoms with Crippen LogP contribution in [-0.4, -0.2) is 22.5 Å². The first kappa shape index (κ1) is 10.6. The van der Waals surface area contributed by atoms with Crippen LogP contribution in [0.5, 0.6) is 0 Å². The number of fused-ring (bicyclic) bond motifs is 1. The number of aromatic amines is 1. The van der Waals surface area contributed by atoms with Gasteiger partial charge in [0.05, 0.1) is 0 Å². The summed E-state index contributed by atoms with van der Waals surface area (Å²) in [5, 5.41) is 3.43. The van der Waals surface area contributed by atoms with Gasteiger partial charge in [0, 0.05) is 30.2 Å². The van der Waals surface area contributed by atoms with E-state index >= 15 is 0 Å². The van der Waals surface area contributed by atoms with Crippen LogP contribution in [0.1, 0.15) is 18.5 Å². The second-order valence-corrected chi connectivity index (χ2v) is 4.85. The van der Waals surface area contributed by atoms with E-state index in [2.05, 4.69) is 16.5 Å². The summed E-state index contributed by atoms with van der Waals surface area (Å²) in [5.74, 6) is 0.712. The van der Waals surface area contributed by atoms with Crippen molar-refractivity contribution in [2.75, 3.05) is 13.1 Å². The van der Waals surface area contributed by atoms with Gasteiger partial charge < -0.3 is 14.7 Å². The van der Waals surface area contributed by atoms with Crippen molar-refractivity contribution in [3.05, 3.63) is 40.4 Å². The van der Waals surface area contributed by atoms with Crippen LogP contribution in [0.4, 0.5) is 0 Å². The third-order valence-electron chi connectivity index (χ3n) is 3.45. The Bertz CT molecular complexity index is 563. The molecule has 3 rings (SSSR count). The van der Waals surface area contributed by atoms with Gasteiger partial charge in [0.15, 0.2) is 5.43 Å². The average molecular weight is 231 g/mol. The van der Waals surface area contributed by atoms with Gasteiger partial charge in [0.1, 0.15) is 5.65 Å². The van der Waals surface area contributed by atoms with E-state index in [1.807, 2.05) is 10.6 Å². The SMILES string of the molecule is O=c1ccn2cc(CC3CCCNC3)[nH]c2c1. The van der Waals surface area contributed by atoms with Crippen LogP contribution in [0.3, 0.4) is 0 Å². The maximum atomic E-state index is 11.2. The quantitative estimate of drug-likeness (QED) is 0.815. The molecule has 1 aliphatic rings. The van der Waals surface area contributed by atoms with Gasteiger partial charge >= 0.3 is 0 Å². The fourth-order valence-electron chi connectivity index (χ4n) is 2.58. The number of piperidine rings is 1. The molecule has 2 aromatic rings. The van der Waals surface area contributed by atoms with Gasteiger partial charge in [-0.2, -0.15) is 0 Å². The summed E-state index contributed by atoms with van der Waals surface area (Å²) < 4.78 is 1.98. The van der Waals surface area contributed by atoms with Crippen LogP contribution in [0.2, 0.25) is 0 Å². The molecule has 0 aromatic carbocycles. The average Bonchev–Trinajstić information content (AvgIpc) is 2.71. The van der Waals surface area contributed by atoms with Crippen LogP contribution in [0.25, 0.3) is 5.65 Å². The van der Waals surface area contributed by atoms with Gasteiger partial charge in [-0.25, -0.2) is 0 Å². The summed E-state index contributed by atoms with van der Waals surface area (Å²) in [6.45, 7) is 2.25. The van der Waals surface area contributed by atoms with Gasteiger partial charge in [-0.05, 0) is 38.3 Å². The molecule has 2 N–H and O–H groups in total. The van der Waals surface area contributed by atoms with Crippen LogP contribution in [-0.2, 0) is 6.42 Å². The molecule has 0 aliphatic carbocycles. The fraction of sp³-hybridized carbons (Fsp3) is 0.462. The Morgan fingerprint density at radius 2 is 2.41 bits per heavy atom. The van der Waals surface area contributed by atoms with Crippen molar-refractivity contribution in [1.29, 1.82) is 0 Å². The predicted octanol–water partition coefficient (Wildman–Crippen LogP) is 1.17. The second kappa shape index (κ2) is 4.37. The molecule has 1 aliphatic heterocycles. The topological polar surface area (TPSA) is 49.3 Å². The predicted molar refractivity (Wildman–Crippen MR) is 67.3 cm³/mol. The Balaban J connectivity index is 1.82. The summed E-state index contributed by atoms with van der Waals surface area (Å²) in [6, 6.07) is 3.23. The molecule has 90 valence electrons. The maximum Gasteiger partial charge on any atom is 0.183 e. The van der Waals surface area contributed by atoms with Crippen molar-refractivity contribution < 1.29 is 0 Å². The van der Waals surface area contributed by atoms with E-state index in [0.29, 0.717) is 5.92 Å². The van der Waals surface area contributed by atoms with E-state index in [1.165, 1.54) is 18.5 Å². The van der Waals surface area contributed by atoms with E-state index in [4.69, 9.17) is 0 Å². The smallest absolute Gasteiger partial charge is 0.183 e. The summed E-state index contributed by atoms with van der Waals surface area (Å²) in [7, 11) is 0. The highest BCUT2D eigenvalue weighted by Gasteiger charge is 2.14. The first-order valence-corrected chi connectivity index (χ1v) is 6.22. The van der Waals surface area contributed by atoms with Crippen LogP contribution >= 0.6 is 0 Å². The maximum absolute atomic E-state index is 11.2. The third kappa shape index (κ3) is 2.26. The molecule has 0 radical (unpaired) electrons. The normalized spacial score (nSPS) is 20.8. The van der Waals surface area contributed by atoms with Gasteiger partial charge in [-0.1, -0.05) is 0 Å². The van der Waals surface area contributed by atoms with Gasteiger partial charge in [-0.15, -0.1) is 0 Å². The van der Waals surface area contributed by atoms with Crippen LogP contribution in [0, 0.1) is 5.92 Å². The lowest BCUT2D eigenvalue weighted by atomic mass is 9.95. The lowest BCUT2D eigenvalue weighted by molar-refractivity contribution is 0.374. The van der Waals surface area contributed by atoms with E-state index < -0.39 is 0 Å². The summed E-state index contributed by atoms with van der Waals surface area (Å²) >= 11 is 0. The molecule has 4 heteroatoms. The first-order chi connectivity index (χ1) is 8.31. The summed E-state index contributed by atoms with van der Waals surface area (Å²) in [4.78, 5) is 14.6. The molecule has 1 fully saturated rings. The van der Waals surface area contributed by atoms with Gasteiger partial charge in [0.2, 0.25) is 0 Å². The molecule has 3 heterocycles.